The molecule has 0 heterocycles. The summed E-state index contributed by atoms with van der Waals surface area (Å²) in [4.78, 5) is 13.2. The number of carbonyl (C=O) groups excluding carboxylic acids is 1. The maximum Gasteiger partial charge on any atom is 0.223 e. The number of nitrogens with one attached hydrogen (secondary N) is 1. The second kappa shape index (κ2) is 6.28. The Bertz CT molecular complexity index is 322. The van der Waals surface area contributed by atoms with Crippen LogP contribution in [0.5, 0.6) is 0 Å². The number of likely N-dealkylation sites (N-methyl/N-ethyl adjacent to an activating group) is 1. The highest BCUT2D eigenvalue weighted by molar-refractivity contribution is 5.76. The van der Waals surface area contributed by atoms with Gasteiger partial charge in [-0.3, -0.25) is 4.79 Å². The summed E-state index contributed by atoms with van der Waals surface area (Å²) in [7, 11) is 5.48. The Labute approximate surface area is 97.5 Å². The van der Waals surface area contributed by atoms with Crippen LogP contribution in [-0.4, -0.2) is 38.0 Å². The molecule has 1 aromatic carbocycles. The summed E-state index contributed by atoms with van der Waals surface area (Å²) in [6.45, 7) is 0. The molecule has 1 N–H and O–H groups in total. The molecule has 1 amide bonds. The van der Waals surface area contributed by atoms with E-state index in [1.165, 1.54) is 5.56 Å². The maximum absolute atomic E-state index is 11.6. The topological polar surface area (TPSA) is 32.3 Å². The molecule has 0 fully saturated rings. The number of hydrogen-bond acceptors (Lipinski definition) is 2. The summed E-state index contributed by atoms with van der Waals surface area (Å²) < 4.78 is 0. The van der Waals surface area contributed by atoms with E-state index in [-0.39, 0.29) is 11.9 Å². The van der Waals surface area contributed by atoms with Crippen LogP contribution in [0.25, 0.3) is 0 Å². The van der Waals surface area contributed by atoms with Gasteiger partial charge in [-0.15, -0.1) is 0 Å². The molecule has 88 valence electrons. The van der Waals surface area contributed by atoms with E-state index in [2.05, 4.69) is 17.4 Å². The maximum atomic E-state index is 11.6. The number of carbonyl (C=O) groups is 1. The lowest BCUT2D eigenvalue weighted by molar-refractivity contribution is -0.129. The molecule has 3 nitrogen and oxygen atoms in total. The van der Waals surface area contributed by atoms with Gasteiger partial charge in [0.2, 0.25) is 5.91 Å². The van der Waals surface area contributed by atoms with Crippen LogP contribution in [0.15, 0.2) is 30.3 Å². The third kappa shape index (κ3) is 4.03. The van der Waals surface area contributed by atoms with Crippen LogP contribution >= 0.6 is 0 Å². The van der Waals surface area contributed by atoms with Crippen molar-refractivity contribution in [3.63, 3.8) is 0 Å². The van der Waals surface area contributed by atoms with Gasteiger partial charge in [-0.2, -0.15) is 0 Å². The molecule has 1 atom stereocenters. The van der Waals surface area contributed by atoms with Crippen LogP contribution in [0.3, 0.4) is 0 Å². The minimum Gasteiger partial charge on any atom is -0.349 e. The SMILES string of the molecule is CNC(CC(=O)N(C)C)Cc1ccccc1. The number of benzene rings is 1. The average Bonchev–Trinajstić information content (AvgIpc) is 2.29. The molecular weight excluding hydrogens is 200 g/mol. The fourth-order valence-electron chi connectivity index (χ4n) is 1.57. The van der Waals surface area contributed by atoms with Gasteiger partial charge in [0.1, 0.15) is 0 Å². The van der Waals surface area contributed by atoms with Gasteiger partial charge in [-0.25, -0.2) is 0 Å². The molecule has 0 aliphatic rings. The summed E-state index contributed by atoms with van der Waals surface area (Å²) in [5.41, 5.74) is 1.26. The van der Waals surface area contributed by atoms with Crippen LogP contribution in [-0.2, 0) is 11.2 Å². The lowest BCUT2D eigenvalue weighted by Crippen LogP contribution is -2.34. The van der Waals surface area contributed by atoms with E-state index in [4.69, 9.17) is 0 Å². The quantitative estimate of drug-likeness (QED) is 0.811. The summed E-state index contributed by atoms with van der Waals surface area (Å²) >= 11 is 0. The van der Waals surface area contributed by atoms with Gasteiger partial charge < -0.3 is 10.2 Å². The first kappa shape index (κ1) is 12.7. The summed E-state index contributed by atoms with van der Waals surface area (Å²) in [5.74, 6) is 0.162. The van der Waals surface area contributed by atoms with E-state index in [0.29, 0.717) is 6.42 Å². The van der Waals surface area contributed by atoms with E-state index in [1.807, 2.05) is 25.2 Å². The monoisotopic (exact) mass is 220 g/mol. The highest BCUT2D eigenvalue weighted by Crippen LogP contribution is 2.06. The van der Waals surface area contributed by atoms with Crippen LogP contribution in [0.4, 0.5) is 0 Å². The minimum atomic E-state index is 0.162. The van der Waals surface area contributed by atoms with Gasteiger partial charge in [0.25, 0.3) is 0 Å². The Morgan fingerprint density at radius 2 is 1.94 bits per heavy atom. The highest BCUT2D eigenvalue weighted by Gasteiger charge is 2.13. The molecule has 0 saturated heterocycles. The second-order valence-corrected chi connectivity index (χ2v) is 4.17. The van der Waals surface area contributed by atoms with Crippen LogP contribution in [0.2, 0.25) is 0 Å². The predicted octanol–water partition coefficient (Wildman–Crippen LogP) is 1.30. The zero-order valence-corrected chi connectivity index (χ0v) is 10.2. The minimum absolute atomic E-state index is 0.162. The van der Waals surface area contributed by atoms with Crippen molar-refractivity contribution < 1.29 is 4.79 Å². The van der Waals surface area contributed by atoms with Gasteiger partial charge in [0.05, 0.1) is 0 Å². The Morgan fingerprint density at radius 1 is 1.31 bits per heavy atom. The number of rotatable bonds is 5. The first-order chi connectivity index (χ1) is 7.63. The van der Waals surface area contributed by atoms with Crippen molar-refractivity contribution in [3.05, 3.63) is 35.9 Å². The lowest BCUT2D eigenvalue weighted by atomic mass is 10.0. The molecule has 1 rings (SSSR count). The molecule has 0 aliphatic carbocycles. The first-order valence-corrected chi connectivity index (χ1v) is 5.55. The van der Waals surface area contributed by atoms with Crippen LogP contribution in [0, 0.1) is 0 Å². The smallest absolute Gasteiger partial charge is 0.223 e. The normalized spacial score (nSPS) is 12.2. The van der Waals surface area contributed by atoms with E-state index in [1.54, 1.807) is 19.0 Å². The summed E-state index contributed by atoms with van der Waals surface area (Å²) in [6, 6.07) is 10.4. The van der Waals surface area contributed by atoms with Gasteiger partial charge >= 0.3 is 0 Å². The Morgan fingerprint density at radius 3 is 2.44 bits per heavy atom. The zero-order chi connectivity index (χ0) is 12.0. The van der Waals surface area contributed by atoms with E-state index in [9.17, 15) is 4.79 Å². The van der Waals surface area contributed by atoms with E-state index >= 15 is 0 Å². The molecule has 1 aromatic rings. The zero-order valence-electron chi connectivity index (χ0n) is 10.2. The first-order valence-electron chi connectivity index (χ1n) is 5.55. The van der Waals surface area contributed by atoms with Gasteiger partial charge in [0.15, 0.2) is 0 Å². The molecule has 3 heteroatoms. The van der Waals surface area contributed by atoms with Crippen molar-refractivity contribution in [3.8, 4) is 0 Å². The summed E-state index contributed by atoms with van der Waals surface area (Å²) in [6.07, 6.45) is 1.43. The van der Waals surface area contributed by atoms with Gasteiger partial charge in [-0.05, 0) is 19.0 Å². The highest BCUT2D eigenvalue weighted by atomic mass is 16.2. The van der Waals surface area contributed by atoms with E-state index in [0.717, 1.165) is 6.42 Å². The predicted molar refractivity (Wildman–Crippen MR) is 66.3 cm³/mol. The third-order valence-corrected chi connectivity index (χ3v) is 2.65. The van der Waals surface area contributed by atoms with Crippen molar-refractivity contribution >= 4 is 5.91 Å². The Kier molecular flexibility index (Phi) is 4.99. The number of nitrogens with zero attached hydrogens (tertiary/aromatic N) is 1. The van der Waals surface area contributed by atoms with E-state index < -0.39 is 0 Å². The van der Waals surface area contributed by atoms with Gasteiger partial charge in [-0.1, -0.05) is 30.3 Å². The molecule has 0 saturated carbocycles. The number of amides is 1. The molecule has 0 radical (unpaired) electrons. The molecular formula is C13H20N2O. The average molecular weight is 220 g/mol. The number of hydrogen-bond donors (Lipinski definition) is 1. The van der Waals surface area contributed by atoms with Crippen molar-refractivity contribution in [1.82, 2.24) is 10.2 Å². The molecule has 0 bridgehead atoms. The van der Waals surface area contributed by atoms with Crippen LogP contribution < -0.4 is 5.32 Å². The molecule has 0 spiro atoms. The largest absolute Gasteiger partial charge is 0.349 e. The Balaban J connectivity index is 2.53. The lowest BCUT2D eigenvalue weighted by Gasteiger charge is -2.18. The molecule has 16 heavy (non-hydrogen) atoms. The van der Waals surface area contributed by atoms with Crippen molar-refractivity contribution in [2.24, 2.45) is 0 Å². The van der Waals surface area contributed by atoms with Crippen molar-refractivity contribution in [2.45, 2.75) is 18.9 Å². The van der Waals surface area contributed by atoms with Gasteiger partial charge in [0, 0.05) is 26.6 Å². The third-order valence-electron chi connectivity index (χ3n) is 2.65. The Hall–Kier alpha value is -1.35. The van der Waals surface area contributed by atoms with Crippen molar-refractivity contribution in [1.29, 1.82) is 0 Å². The molecule has 0 aliphatic heterocycles. The molecule has 1 unspecified atom stereocenters. The van der Waals surface area contributed by atoms with Crippen molar-refractivity contribution in [2.75, 3.05) is 21.1 Å². The second-order valence-electron chi connectivity index (χ2n) is 4.17. The fraction of sp³-hybridized carbons (Fsp3) is 0.462. The standard InChI is InChI=1S/C13H20N2O/c1-14-12(10-13(16)15(2)3)9-11-7-5-4-6-8-11/h4-8,12,14H,9-10H2,1-3H3. The molecule has 0 aromatic heterocycles. The van der Waals surface area contributed by atoms with Crippen LogP contribution in [0.1, 0.15) is 12.0 Å². The summed E-state index contributed by atoms with van der Waals surface area (Å²) in [5, 5.41) is 3.19. The fourth-order valence-corrected chi connectivity index (χ4v) is 1.57.